The van der Waals surface area contributed by atoms with E-state index < -0.39 is 5.91 Å². The van der Waals surface area contributed by atoms with E-state index in [1.807, 2.05) is 19.2 Å². The van der Waals surface area contributed by atoms with Gasteiger partial charge < -0.3 is 15.4 Å². The molecular formula is C17H20N2O3. The molecule has 1 amide bonds. The van der Waals surface area contributed by atoms with E-state index in [1.165, 1.54) is 18.4 Å². The molecule has 0 aliphatic heterocycles. The normalized spacial score (nSPS) is 9.05. The highest BCUT2D eigenvalue weighted by Crippen LogP contribution is 2.22. The zero-order valence-corrected chi connectivity index (χ0v) is 12.9. The molecule has 0 fully saturated rings. The summed E-state index contributed by atoms with van der Waals surface area (Å²) in [4.78, 5) is 20.8. The van der Waals surface area contributed by atoms with Gasteiger partial charge in [0.1, 0.15) is 5.75 Å². The van der Waals surface area contributed by atoms with E-state index >= 15 is 0 Å². The summed E-state index contributed by atoms with van der Waals surface area (Å²) in [6.07, 6.45) is 0.215. The molecule has 0 aliphatic rings. The summed E-state index contributed by atoms with van der Waals surface area (Å²) in [7, 11) is 3.42. The number of amides is 1. The molecular weight excluding hydrogens is 280 g/mol. The highest BCUT2D eigenvalue weighted by atomic mass is 16.5. The standard InChI is InChI=1S/C9H9NO3.C8H11N/c1-13-8-5-3-2-4-7(8)10-9(12)6-11;1-7-5-3-4-6-8(7)9-2/h2-6H,1H3,(H,10,12);3-6,9H,1-2H3. The summed E-state index contributed by atoms with van der Waals surface area (Å²) in [6.45, 7) is 2.09. The smallest absolute Gasteiger partial charge is 0.288 e. The molecule has 22 heavy (non-hydrogen) atoms. The number of nitrogens with one attached hydrogen (secondary N) is 2. The number of benzene rings is 2. The Bertz CT molecular complexity index is 627. The summed E-state index contributed by atoms with van der Waals surface area (Å²) in [5.41, 5.74) is 2.99. The first kappa shape index (κ1) is 17.2. The van der Waals surface area contributed by atoms with Crippen LogP contribution in [0, 0.1) is 6.92 Å². The Labute approximate surface area is 130 Å². The first-order valence-electron chi connectivity index (χ1n) is 6.75. The van der Waals surface area contributed by atoms with Crippen LogP contribution in [-0.4, -0.2) is 26.4 Å². The lowest BCUT2D eigenvalue weighted by atomic mass is 10.2. The van der Waals surface area contributed by atoms with Gasteiger partial charge >= 0.3 is 0 Å². The molecule has 2 aromatic rings. The number of carbonyl (C=O) groups is 2. The van der Waals surface area contributed by atoms with Crippen molar-refractivity contribution in [3.05, 3.63) is 54.1 Å². The first-order valence-corrected chi connectivity index (χ1v) is 6.75. The van der Waals surface area contributed by atoms with Crippen LogP contribution in [0.2, 0.25) is 0 Å². The van der Waals surface area contributed by atoms with Crippen LogP contribution >= 0.6 is 0 Å². The van der Waals surface area contributed by atoms with E-state index in [0.717, 1.165) is 0 Å². The molecule has 2 aromatic carbocycles. The lowest BCUT2D eigenvalue weighted by molar-refractivity contribution is -0.127. The van der Waals surface area contributed by atoms with Crippen LogP contribution in [0.4, 0.5) is 11.4 Å². The maximum Gasteiger partial charge on any atom is 0.288 e. The van der Waals surface area contributed by atoms with Crippen molar-refractivity contribution in [1.82, 2.24) is 0 Å². The van der Waals surface area contributed by atoms with Crippen molar-refractivity contribution in [3.8, 4) is 5.75 Å². The van der Waals surface area contributed by atoms with Gasteiger partial charge in [0, 0.05) is 12.7 Å². The fraction of sp³-hybridized carbons (Fsp3) is 0.176. The average molecular weight is 300 g/mol. The molecule has 0 aliphatic carbocycles. The van der Waals surface area contributed by atoms with Gasteiger partial charge in [-0.05, 0) is 30.7 Å². The number of aldehydes is 1. The third-order valence-corrected chi connectivity index (χ3v) is 2.89. The van der Waals surface area contributed by atoms with Crippen molar-refractivity contribution in [1.29, 1.82) is 0 Å². The molecule has 0 unspecified atom stereocenters. The minimum Gasteiger partial charge on any atom is -0.495 e. The Hall–Kier alpha value is -2.82. The predicted octanol–water partition coefficient (Wildman–Crippen LogP) is 2.87. The van der Waals surface area contributed by atoms with Crippen LogP contribution in [0.15, 0.2) is 48.5 Å². The molecule has 116 valence electrons. The zero-order chi connectivity index (χ0) is 16.4. The molecule has 0 bridgehead atoms. The fourth-order valence-electron chi connectivity index (χ4n) is 1.76. The second kappa shape index (κ2) is 9.18. The number of hydrogen-bond acceptors (Lipinski definition) is 4. The Morgan fingerprint density at radius 3 is 2.14 bits per heavy atom. The number of carbonyl (C=O) groups excluding carboxylic acids is 2. The Morgan fingerprint density at radius 1 is 1.05 bits per heavy atom. The maximum atomic E-state index is 10.7. The lowest BCUT2D eigenvalue weighted by Gasteiger charge is -2.06. The van der Waals surface area contributed by atoms with Crippen molar-refractivity contribution in [2.75, 3.05) is 24.8 Å². The second-order valence-corrected chi connectivity index (χ2v) is 4.37. The van der Waals surface area contributed by atoms with Crippen molar-refractivity contribution in [3.63, 3.8) is 0 Å². The predicted molar refractivity (Wildman–Crippen MR) is 88.4 cm³/mol. The number of anilines is 2. The fourth-order valence-corrected chi connectivity index (χ4v) is 1.76. The first-order chi connectivity index (χ1) is 10.6. The maximum absolute atomic E-state index is 10.7. The summed E-state index contributed by atoms with van der Waals surface area (Å²) in [5, 5.41) is 5.47. The third-order valence-electron chi connectivity index (χ3n) is 2.89. The molecule has 0 saturated carbocycles. The Kier molecular flexibility index (Phi) is 7.19. The molecule has 5 nitrogen and oxygen atoms in total. The van der Waals surface area contributed by atoms with E-state index in [0.29, 0.717) is 11.4 Å². The number of ether oxygens (including phenoxy) is 1. The van der Waals surface area contributed by atoms with Gasteiger partial charge in [0.25, 0.3) is 5.91 Å². The number of rotatable bonds is 4. The summed E-state index contributed by atoms with van der Waals surface area (Å²) >= 11 is 0. The van der Waals surface area contributed by atoms with E-state index in [1.54, 1.807) is 24.3 Å². The summed E-state index contributed by atoms with van der Waals surface area (Å²) in [5.74, 6) is -0.165. The molecule has 2 rings (SSSR count). The molecule has 5 heteroatoms. The minimum atomic E-state index is -0.690. The van der Waals surface area contributed by atoms with E-state index in [4.69, 9.17) is 4.74 Å². The number of hydrogen-bond donors (Lipinski definition) is 2. The van der Waals surface area contributed by atoms with Crippen molar-refractivity contribution >= 4 is 23.6 Å². The monoisotopic (exact) mass is 300 g/mol. The number of aryl methyl sites for hydroxylation is 1. The number of para-hydroxylation sites is 3. The van der Waals surface area contributed by atoms with Crippen molar-refractivity contribution < 1.29 is 14.3 Å². The number of methoxy groups -OCH3 is 1. The van der Waals surface area contributed by atoms with Crippen LogP contribution in [0.25, 0.3) is 0 Å². The van der Waals surface area contributed by atoms with Gasteiger partial charge in [0.2, 0.25) is 6.29 Å². The van der Waals surface area contributed by atoms with Gasteiger partial charge in [-0.3, -0.25) is 9.59 Å². The van der Waals surface area contributed by atoms with Gasteiger partial charge in [-0.15, -0.1) is 0 Å². The summed E-state index contributed by atoms with van der Waals surface area (Å²) in [6, 6.07) is 15.1. The van der Waals surface area contributed by atoms with Crippen molar-refractivity contribution in [2.24, 2.45) is 0 Å². The zero-order valence-electron chi connectivity index (χ0n) is 12.9. The van der Waals surface area contributed by atoms with Crippen molar-refractivity contribution in [2.45, 2.75) is 6.92 Å². The lowest BCUT2D eigenvalue weighted by Crippen LogP contribution is -2.12. The highest BCUT2D eigenvalue weighted by molar-refractivity contribution is 6.29. The Balaban J connectivity index is 0.000000235. The third kappa shape index (κ3) is 5.28. The van der Waals surface area contributed by atoms with Crippen LogP contribution in [0.3, 0.4) is 0 Å². The average Bonchev–Trinajstić information content (AvgIpc) is 2.56. The van der Waals surface area contributed by atoms with Crippen LogP contribution in [-0.2, 0) is 9.59 Å². The van der Waals surface area contributed by atoms with Crippen LogP contribution < -0.4 is 15.4 Å². The van der Waals surface area contributed by atoms with Gasteiger partial charge in [-0.1, -0.05) is 30.3 Å². The van der Waals surface area contributed by atoms with Crippen LogP contribution in [0.1, 0.15) is 5.56 Å². The molecule has 0 heterocycles. The molecule has 0 aromatic heterocycles. The largest absolute Gasteiger partial charge is 0.495 e. The second-order valence-electron chi connectivity index (χ2n) is 4.37. The van der Waals surface area contributed by atoms with E-state index in [2.05, 4.69) is 29.7 Å². The summed E-state index contributed by atoms with van der Waals surface area (Å²) < 4.78 is 4.96. The van der Waals surface area contributed by atoms with E-state index in [-0.39, 0.29) is 6.29 Å². The van der Waals surface area contributed by atoms with Gasteiger partial charge in [-0.2, -0.15) is 0 Å². The topological polar surface area (TPSA) is 67.4 Å². The molecule has 0 radical (unpaired) electrons. The van der Waals surface area contributed by atoms with Gasteiger partial charge in [0.05, 0.1) is 12.8 Å². The SMILES string of the molecule is CNc1ccccc1C.COc1ccccc1NC(=O)C=O. The van der Waals surface area contributed by atoms with Gasteiger partial charge in [0.15, 0.2) is 0 Å². The molecule has 2 N–H and O–H groups in total. The Morgan fingerprint density at radius 2 is 1.64 bits per heavy atom. The highest BCUT2D eigenvalue weighted by Gasteiger charge is 2.04. The van der Waals surface area contributed by atoms with Crippen LogP contribution in [0.5, 0.6) is 5.75 Å². The quantitative estimate of drug-likeness (QED) is 0.673. The molecule has 0 atom stereocenters. The minimum absolute atomic E-state index is 0.215. The molecule has 0 saturated heterocycles. The van der Waals surface area contributed by atoms with Gasteiger partial charge in [-0.25, -0.2) is 0 Å². The molecule has 0 spiro atoms. The van der Waals surface area contributed by atoms with E-state index in [9.17, 15) is 9.59 Å².